The van der Waals surface area contributed by atoms with Gasteiger partial charge in [-0.15, -0.1) is 0 Å². The van der Waals surface area contributed by atoms with Gasteiger partial charge in [0.15, 0.2) is 17.1 Å². The van der Waals surface area contributed by atoms with E-state index in [9.17, 15) is 4.79 Å². The summed E-state index contributed by atoms with van der Waals surface area (Å²) >= 11 is 6.28. The molecule has 7 nitrogen and oxygen atoms in total. The number of halogens is 1. The molecule has 0 fully saturated rings. The predicted molar refractivity (Wildman–Crippen MR) is 110 cm³/mol. The van der Waals surface area contributed by atoms with Gasteiger partial charge in [0, 0.05) is 23.4 Å². The lowest BCUT2D eigenvalue weighted by atomic mass is 10.1. The predicted octanol–water partition coefficient (Wildman–Crippen LogP) is 4.81. The molecule has 2 heterocycles. The van der Waals surface area contributed by atoms with Crippen LogP contribution in [0.5, 0.6) is 11.5 Å². The molecule has 0 aliphatic rings. The third-order valence-corrected chi connectivity index (χ3v) is 4.63. The summed E-state index contributed by atoms with van der Waals surface area (Å²) in [5.74, 6) is 1.06. The highest BCUT2D eigenvalue weighted by Crippen LogP contribution is 2.32. The summed E-state index contributed by atoms with van der Waals surface area (Å²) in [5, 5.41) is 3.20. The molecule has 2 aromatic carbocycles. The number of hydrogen-bond acceptors (Lipinski definition) is 6. The Labute approximate surface area is 171 Å². The molecule has 0 saturated carbocycles. The van der Waals surface area contributed by atoms with Gasteiger partial charge in [0.05, 0.1) is 31.1 Å². The minimum atomic E-state index is -0.341. The lowest BCUT2D eigenvalue weighted by molar-refractivity contribution is 0.102. The number of nitrogens with one attached hydrogen (secondary N) is 1. The number of nitrogens with zero attached hydrogens (tertiary/aromatic N) is 2. The van der Waals surface area contributed by atoms with E-state index in [1.165, 1.54) is 14.2 Å². The Morgan fingerprint density at radius 3 is 2.66 bits per heavy atom. The first-order chi connectivity index (χ1) is 14.1. The van der Waals surface area contributed by atoms with Crippen molar-refractivity contribution < 1.29 is 18.7 Å². The quantitative estimate of drug-likeness (QED) is 0.509. The molecule has 2 aromatic heterocycles. The number of rotatable bonds is 5. The number of ether oxygens (including phenoxy) is 2. The summed E-state index contributed by atoms with van der Waals surface area (Å²) in [7, 11) is 3.04. The van der Waals surface area contributed by atoms with Gasteiger partial charge in [0.1, 0.15) is 5.52 Å². The molecular weight excluding hydrogens is 394 g/mol. The molecule has 4 aromatic rings. The number of aromatic nitrogens is 2. The number of amides is 1. The summed E-state index contributed by atoms with van der Waals surface area (Å²) in [4.78, 5) is 21.2. The minimum absolute atomic E-state index is 0.341. The Balaban J connectivity index is 1.63. The number of carbonyl (C=O) groups excluding carboxylic acids is 1. The van der Waals surface area contributed by atoms with Crippen molar-refractivity contribution in [1.29, 1.82) is 0 Å². The molecule has 0 aliphatic heterocycles. The lowest BCUT2D eigenvalue weighted by Gasteiger charge is -2.11. The van der Waals surface area contributed by atoms with Crippen molar-refractivity contribution in [2.45, 2.75) is 0 Å². The number of methoxy groups -OCH3 is 2. The van der Waals surface area contributed by atoms with E-state index in [-0.39, 0.29) is 5.91 Å². The largest absolute Gasteiger partial charge is 0.493 e. The second kappa shape index (κ2) is 7.81. The Morgan fingerprint density at radius 2 is 1.90 bits per heavy atom. The smallest absolute Gasteiger partial charge is 0.255 e. The van der Waals surface area contributed by atoms with E-state index >= 15 is 0 Å². The number of pyridine rings is 1. The highest BCUT2D eigenvalue weighted by Gasteiger charge is 2.15. The summed E-state index contributed by atoms with van der Waals surface area (Å²) in [6.07, 6.45) is 3.26. The number of benzene rings is 2. The topological polar surface area (TPSA) is 86.5 Å². The maximum absolute atomic E-state index is 12.7. The van der Waals surface area contributed by atoms with E-state index in [4.69, 9.17) is 25.5 Å². The first-order valence-electron chi connectivity index (χ1n) is 8.63. The average molecular weight is 410 g/mol. The van der Waals surface area contributed by atoms with Crippen molar-refractivity contribution in [3.05, 3.63) is 65.4 Å². The number of carbonyl (C=O) groups is 1. The number of hydrogen-bond donors (Lipinski definition) is 1. The highest BCUT2D eigenvalue weighted by atomic mass is 35.5. The molecule has 1 N–H and O–H groups in total. The summed E-state index contributed by atoms with van der Waals surface area (Å²) in [6, 6.07) is 11.8. The van der Waals surface area contributed by atoms with Crippen LogP contribution in [0.3, 0.4) is 0 Å². The number of anilines is 1. The molecule has 1 amide bonds. The fourth-order valence-corrected chi connectivity index (χ4v) is 2.99. The van der Waals surface area contributed by atoms with Gasteiger partial charge in [-0.25, -0.2) is 4.98 Å². The molecule has 0 atom stereocenters. The van der Waals surface area contributed by atoms with E-state index in [2.05, 4.69) is 15.3 Å². The van der Waals surface area contributed by atoms with Crippen LogP contribution in [0.25, 0.3) is 22.6 Å². The standard InChI is InChI=1S/C21H16ClN3O4/c1-27-18-6-4-12(10-19(18)28-2)20(26)24-15-9-13(3-5-14(15)22)21-25-16-11-23-8-7-17(16)29-21/h3-11H,1-2H3,(H,24,26). The van der Waals surface area contributed by atoms with Gasteiger partial charge in [0.2, 0.25) is 5.89 Å². The third-order valence-electron chi connectivity index (χ3n) is 4.30. The molecule has 8 heteroatoms. The second-order valence-corrected chi connectivity index (χ2v) is 6.49. The molecule has 0 radical (unpaired) electrons. The van der Waals surface area contributed by atoms with Crippen LogP contribution in [0.15, 0.2) is 59.3 Å². The normalized spacial score (nSPS) is 10.7. The first-order valence-corrected chi connectivity index (χ1v) is 9.00. The van der Waals surface area contributed by atoms with Crippen molar-refractivity contribution in [2.75, 3.05) is 19.5 Å². The summed E-state index contributed by atoms with van der Waals surface area (Å²) in [6.45, 7) is 0. The maximum Gasteiger partial charge on any atom is 0.255 e. The fraction of sp³-hybridized carbons (Fsp3) is 0.0952. The van der Waals surface area contributed by atoms with Gasteiger partial charge >= 0.3 is 0 Å². The summed E-state index contributed by atoms with van der Waals surface area (Å²) in [5.41, 5.74) is 2.78. The van der Waals surface area contributed by atoms with E-state index in [0.29, 0.717) is 50.3 Å². The van der Waals surface area contributed by atoms with Crippen LogP contribution in [0.4, 0.5) is 5.69 Å². The van der Waals surface area contributed by atoms with Crippen molar-refractivity contribution >= 4 is 34.3 Å². The van der Waals surface area contributed by atoms with Gasteiger partial charge in [-0.05, 0) is 36.4 Å². The zero-order valence-corrected chi connectivity index (χ0v) is 16.4. The highest BCUT2D eigenvalue weighted by molar-refractivity contribution is 6.34. The lowest BCUT2D eigenvalue weighted by Crippen LogP contribution is -2.12. The molecule has 0 saturated heterocycles. The molecule has 0 spiro atoms. The van der Waals surface area contributed by atoms with E-state index in [0.717, 1.165) is 0 Å². The van der Waals surface area contributed by atoms with Gasteiger partial charge in [0.25, 0.3) is 5.91 Å². The monoisotopic (exact) mass is 409 g/mol. The van der Waals surface area contributed by atoms with Crippen molar-refractivity contribution in [3.63, 3.8) is 0 Å². The van der Waals surface area contributed by atoms with Crippen molar-refractivity contribution in [2.24, 2.45) is 0 Å². The van der Waals surface area contributed by atoms with Crippen LogP contribution in [0, 0.1) is 0 Å². The van der Waals surface area contributed by atoms with Crippen LogP contribution in [0.1, 0.15) is 10.4 Å². The van der Waals surface area contributed by atoms with Crippen LogP contribution in [-0.4, -0.2) is 30.1 Å². The number of oxazole rings is 1. The SMILES string of the molecule is COc1ccc(C(=O)Nc2cc(-c3nc4cnccc4o3)ccc2Cl)cc1OC. The molecule has 4 rings (SSSR count). The minimum Gasteiger partial charge on any atom is -0.493 e. The van der Waals surface area contributed by atoms with E-state index in [1.807, 2.05) is 0 Å². The van der Waals surface area contributed by atoms with Crippen LogP contribution in [0.2, 0.25) is 5.02 Å². The fourth-order valence-electron chi connectivity index (χ4n) is 2.83. The van der Waals surface area contributed by atoms with Crippen molar-refractivity contribution in [1.82, 2.24) is 9.97 Å². The van der Waals surface area contributed by atoms with Crippen LogP contribution >= 0.6 is 11.6 Å². The average Bonchev–Trinajstić information content (AvgIpc) is 3.19. The van der Waals surface area contributed by atoms with Gasteiger partial charge < -0.3 is 19.2 Å². The molecule has 0 aliphatic carbocycles. The Kier molecular flexibility index (Phi) is 5.05. The number of fused-ring (bicyclic) bond motifs is 1. The molecular formula is C21H16ClN3O4. The third kappa shape index (κ3) is 3.72. The van der Waals surface area contributed by atoms with Crippen LogP contribution in [-0.2, 0) is 0 Å². The van der Waals surface area contributed by atoms with Gasteiger partial charge in [-0.3, -0.25) is 9.78 Å². The Hall–Kier alpha value is -3.58. The van der Waals surface area contributed by atoms with Crippen LogP contribution < -0.4 is 14.8 Å². The van der Waals surface area contributed by atoms with E-state index in [1.54, 1.807) is 54.9 Å². The maximum atomic E-state index is 12.7. The molecule has 0 bridgehead atoms. The molecule has 146 valence electrons. The molecule has 29 heavy (non-hydrogen) atoms. The molecule has 0 unspecified atom stereocenters. The van der Waals surface area contributed by atoms with Gasteiger partial charge in [-0.2, -0.15) is 0 Å². The Bertz CT molecular complexity index is 1170. The zero-order valence-electron chi connectivity index (χ0n) is 15.6. The Morgan fingerprint density at radius 1 is 1.07 bits per heavy atom. The van der Waals surface area contributed by atoms with Crippen molar-refractivity contribution in [3.8, 4) is 23.0 Å². The first kappa shape index (κ1) is 18.8. The summed E-state index contributed by atoms with van der Waals surface area (Å²) < 4.78 is 16.2. The van der Waals surface area contributed by atoms with E-state index < -0.39 is 0 Å². The second-order valence-electron chi connectivity index (χ2n) is 6.08. The zero-order chi connectivity index (χ0) is 20.4. The van der Waals surface area contributed by atoms with Gasteiger partial charge in [-0.1, -0.05) is 11.6 Å².